The fourth-order valence-electron chi connectivity index (χ4n) is 4.85. The zero-order valence-electron chi connectivity index (χ0n) is 15.2. The quantitative estimate of drug-likeness (QED) is 0.718. The summed E-state index contributed by atoms with van der Waals surface area (Å²) in [6.45, 7) is 2.27. The predicted octanol–water partition coefficient (Wildman–Crippen LogP) is 0.895. The minimum Gasteiger partial charge on any atom is -0.487 e. The highest BCUT2D eigenvalue weighted by Gasteiger charge is 2.44. The lowest BCUT2D eigenvalue weighted by Crippen LogP contribution is -2.52. The highest BCUT2D eigenvalue weighted by Crippen LogP contribution is 2.44. The lowest BCUT2D eigenvalue weighted by atomic mass is 9.83. The van der Waals surface area contributed by atoms with Crippen molar-refractivity contribution in [1.29, 1.82) is 0 Å². The summed E-state index contributed by atoms with van der Waals surface area (Å²) in [7, 11) is 0. The van der Waals surface area contributed by atoms with Crippen LogP contribution in [0.15, 0.2) is 12.1 Å². The number of piperidine rings is 2. The summed E-state index contributed by atoms with van der Waals surface area (Å²) in [5.41, 5.74) is 2.54. The Morgan fingerprint density at radius 3 is 2.67 bits per heavy atom. The minimum absolute atomic E-state index is 0.140. The molecular formula is C20H23N3O4. The van der Waals surface area contributed by atoms with E-state index in [1.54, 1.807) is 4.90 Å². The summed E-state index contributed by atoms with van der Waals surface area (Å²) in [6.07, 6.45) is 4.55. The largest absolute Gasteiger partial charge is 0.487 e. The Morgan fingerprint density at radius 2 is 1.89 bits per heavy atom. The van der Waals surface area contributed by atoms with Crippen LogP contribution in [0.2, 0.25) is 0 Å². The van der Waals surface area contributed by atoms with Crippen LogP contribution < -0.4 is 15.4 Å². The number of aryl methyl sites for hydroxylation is 1. The number of nitrogens with one attached hydrogen (secondary N) is 2. The Morgan fingerprint density at radius 1 is 1.07 bits per heavy atom. The average molecular weight is 369 g/mol. The summed E-state index contributed by atoms with van der Waals surface area (Å²) in [5, 5.41) is 5.74. The number of hydrogen-bond donors (Lipinski definition) is 2. The van der Waals surface area contributed by atoms with Crippen LogP contribution in [0.25, 0.3) is 0 Å². The van der Waals surface area contributed by atoms with Gasteiger partial charge in [-0.05, 0) is 56.8 Å². The van der Waals surface area contributed by atoms with E-state index in [1.165, 1.54) is 0 Å². The van der Waals surface area contributed by atoms with Gasteiger partial charge in [0.15, 0.2) is 0 Å². The van der Waals surface area contributed by atoms with Crippen molar-refractivity contribution in [1.82, 2.24) is 15.5 Å². The Kier molecular flexibility index (Phi) is 3.75. The van der Waals surface area contributed by atoms with E-state index in [9.17, 15) is 14.4 Å². The van der Waals surface area contributed by atoms with Crippen LogP contribution in [0.3, 0.4) is 0 Å². The summed E-state index contributed by atoms with van der Waals surface area (Å²) in [4.78, 5) is 38.3. The lowest BCUT2D eigenvalue weighted by molar-refractivity contribution is -0.136. The molecule has 1 spiro atoms. The topological polar surface area (TPSA) is 87.7 Å². The molecule has 7 heteroatoms. The van der Waals surface area contributed by atoms with Crippen molar-refractivity contribution in [3.05, 3.63) is 28.8 Å². The second kappa shape index (κ2) is 6.05. The molecule has 2 saturated heterocycles. The van der Waals surface area contributed by atoms with Gasteiger partial charge in [-0.15, -0.1) is 0 Å². The van der Waals surface area contributed by atoms with Gasteiger partial charge in [-0.1, -0.05) is 6.07 Å². The van der Waals surface area contributed by atoms with Crippen molar-refractivity contribution in [3.63, 3.8) is 0 Å². The Hall–Kier alpha value is -2.41. The first-order chi connectivity index (χ1) is 13.1. The van der Waals surface area contributed by atoms with Crippen molar-refractivity contribution in [2.24, 2.45) is 0 Å². The third kappa shape index (κ3) is 2.64. The smallest absolute Gasteiger partial charge is 0.255 e. The summed E-state index contributed by atoms with van der Waals surface area (Å²) < 4.78 is 6.56. The third-order valence-corrected chi connectivity index (χ3v) is 6.43. The molecule has 1 aromatic rings. The molecule has 5 rings (SSSR count). The molecule has 0 radical (unpaired) electrons. The van der Waals surface area contributed by atoms with Gasteiger partial charge >= 0.3 is 0 Å². The standard InChI is InChI=1S/C20H23N3O4/c24-16-4-3-15(18(25)22-16)23-11-14-13(19(23)26)2-1-12-5-6-20(27-17(12)14)7-9-21-10-8-20/h1-2,15,21H,3-11H2,(H,22,24,25). The second-order valence-electron chi connectivity index (χ2n) is 8.01. The predicted molar refractivity (Wildman–Crippen MR) is 96.3 cm³/mol. The molecule has 0 aliphatic carbocycles. The molecule has 1 atom stereocenters. The molecule has 4 heterocycles. The molecule has 2 N–H and O–H groups in total. The van der Waals surface area contributed by atoms with Crippen LogP contribution in [-0.2, 0) is 22.6 Å². The van der Waals surface area contributed by atoms with Crippen molar-refractivity contribution in [2.75, 3.05) is 13.1 Å². The van der Waals surface area contributed by atoms with E-state index in [2.05, 4.69) is 10.6 Å². The maximum Gasteiger partial charge on any atom is 0.255 e. The normalized spacial score (nSPS) is 26.4. The monoisotopic (exact) mass is 369 g/mol. The van der Waals surface area contributed by atoms with Crippen molar-refractivity contribution in [2.45, 2.75) is 56.7 Å². The molecule has 7 nitrogen and oxygen atoms in total. The van der Waals surface area contributed by atoms with Gasteiger partial charge in [0, 0.05) is 17.5 Å². The van der Waals surface area contributed by atoms with E-state index in [0.717, 1.165) is 55.6 Å². The SMILES string of the molecule is O=C1CCC(N2Cc3c(ccc4c3OC3(CCNCC3)CC4)C2=O)C(=O)N1. The van der Waals surface area contributed by atoms with E-state index in [-0.39, 0.29) is 29.7 Å². The molecule has 3 amide bonds. The molecule has 0 bridgehead atoms. The molecule has 4 aliphatic rings. The van der Waals surface area contributed by atoms with Crippen LogP contribution >= 0.6 is 0 Å². The molecule has 2 fully saturated rings. The van der Waals surface area contributed by atoms with E-state index >= 15 is 0 Å². The van der Waals surface area contributed by atoms with Gasteiger partial charge in [0.25, 0.3) is 5.91 Å². The molecule has 4 aliphatic heterocycles. The first kappa shape index (κ1) is 16.7. The number of carbonyl (C=O) groups excluding carboxylic acids is 3. The molecule has 27 heavy (non-hydrogen) atoms. The molecule has 142 valence electrons. The number of hydrogen-bond acceptors (Lipinski definition) is 5. The highest BCUT2D eigenvalue weighted by molar-refractivity contribution is 6.05. The van der Waals surface area contributed by atoms with Crippen LogP contribution in [0.1, 0.15) is 53.6 Å². The molecule has 1 unspecified atom stereocenters. The lowest BCUT2D eigenvalue weighted by Gasteiger charge is -2.42. The van der Waals surface area contributed by atoms with Gasteiger partial charge < -0.3 is 15.0 Å². The Balaban J connectivity index is 1.46. The minimum atomic E-state index is -0.588. The molecule has 0 saturated carbocycles. The fraction of sp³-hybridized carbons (Fsp3) is 0.550. The first-order valence-corrected chi connectivity index (χ1v) is 9.75. The molecule has 0 aromatic heterocycles. The van der Waals surface area contributed by atoms with Crippen LogP contribution in [0.5, 0.6) is 5.75 Å². The number of ether oxygens (including phenoxy) is 1. The van der Waals surface area contributed by atoms with Crippen LogP contribution in [0.4, 0.5) is 0 Å². The van der Waals surface area contributed by atoms with Gasteiger partial charge in [-0.3, -0.25) is 19.7 Å². The number of imide groups is 1. The van der Waals surface area contributed by atoms with E-state index in [0.29, 0.717) is 18.5 Å². The number of fused-ring (bicyclic) bond motifs is 3. The zero-order valence-corrected chi connectivity index (χ0v) is 15.2. The molecular weight excluding hydrogens is 346 g/mol. The Bertz CT molecular complexity index is 844. The summed E-state index contributed by atoms with van der Waals surface area (Å²) in [5.74, 6) is 0.0608. The van der Waals surface area contributed by atoms with Crippen molar-refractivity contribution in [3.8, 4) is 5.75 Å². The van der Waals surface area contributed by atoms with E-state index in [4.69, 9.17) is 4.74 Å². The summed E-state index contributed by atoms with van der Waals surface area (Å²) >= 11 is 0. The van der Waals surface area contributed by atoms with E-state index in [1.807, 2.05) is 12.1 Å². The van der Waals surface area contributed by atoms with Crippen molar-refractivity contribution < 1.29 is 19.1 Å². The number of carbonyl (C=O) groups is 3. The number of benzene rings is 1. The van der Waals surface area contributed by atoms with Gasteiger partial charge in [-0.25, -0.2) is 0 Å². The van der Waals surface area contributed by atoms with Crippen LogP contribution in [-0.4, -0.2) is 47.4 Å². The van der Waals surface area contributed by atoms with Crippen LogP contribution in [0, 0.1) is 0 Å². The Labute approximate surface area is 157 Å². The number of rotatable bonds is 1. The third-order valence-electron chi connectivity index (χ3n) is 6.43. The average Bonchev–Trinajstić information content (AvgIpc) is 3.00. The van der Waals surface area contributed by atoms with Gasteiger partial charge in [-0.2, -0.15) is 0 Å². The van der Waals surface area contributed by atoms with Gasteiger partial charge in [0.1, 0.15) is 17.4 Å². The summed E-state index contributed by atoms with van der Waals surface area (Å²) in [6, 6.07) is 3.27. The van der Waals surface area contributed by atoms with Gasteiger partial charge in [0.05, 0.1) is 6.54 Å². The zero-order chi connectivity index (χ0) is 18.6. The fourth-order valence-corrected chi connectivity index (χ4v) is 4.85. The number of nitrogens with zero attached hydrogens (tertiary/aromatic N) is 1. The molecule has 1 aromatic carbocycles. The maximum atomic E-state index is 13.0. The first-order valence-electron chi connectivity index (χ1n) is 9.75. The van der Waals surface area contributed by atoms with Crippen molar-refractivity contribution >= 4 is 17.7 Å². The second-order valence-corrected chi connectivity index (χ2v) is 8.01. The maximum absolute atomic E-state index is 13.0. The van der Waals surface area contributed by atoms with E-state index < -0.39 is 6.04 Å². The highest BCUT2D eigenvalue weighted by atomic mass is 16.5. The number of amides is 3. The van der Waals surface area contributed by atoms with Gasteiger partial charge in [0.2, 0.25) is 11.8 Å².